The lowest BCUT2D eigenvalue weighted by atomic mass is 10.0. The molecule has 3 N–H and O–H groups in total. The van der Waals surface area contributed by atoms with Gasteiger partial charge in [-0.15, -0.1) is 12.4 Å². The molecule has 106 valence electrons. The maximum absolute atomic E-state index is 11.6. The largest absolute Gasteiger partial charge is 0.371 e. The average Bonchev–Trinajstić information content (AvgIpc) is 2.78. The van der Waals surface area contributed by atoms with Gasteiger partial charge in [0.2, 0.25) is 5.91 Å². The molecular formula is C13H18Cl2N2O2. The van der Waals surface area contributed by atoms with Gasteiger partial charge in [0.1, 0.15) is 6.10 Å². The minimum Gasteiger partial charge on any atom is -0.371 e. The van der Waals surface area contributed by atoms with Gasteiger partial charge in [0, 0.05) is 11.6 Å². The molecule has 2 unspecified atom stereocenters. The number of hydrogen-bond donors (Lipinski definition) is 2. The third-order valence-electron chi connectivity index (χ3n) is 3.03. The van der Waals surface area contributed by atoms with Crippen LogP contribution < -0.4 is 11.1 Å². The fourth-order valence-electron chi connectivity index (χ4n) is 2.03. The molecule has 1 aromatic rings. The highest BCUT2D eigenvalue weighted by atomic mass is 35.5. The molecule has 1 fully saturated rings. The average molecular weight is 305 g/mol. The molecule has 19 heavy (non-hydrogen) atoms. The van der Waals surface area contributed by atoms with Gasteiger partial charge in [-0.2, -0.15) is 0 Å². The monoisotopic (exact) mass is 304 g/mol. The highest BCUT2D eigenvalue weighted by molar-refractivity contribution is 6.30. The normalized spacial score (nSPS) is 23.5. The first-order valence-electron chi connectivity index (χ1n) is 6.01. The van der Waals surface area contributed by atoms with E-state index < -0.39 is 6.04 Å². The summed E-state index contributed by atoms with van der Waals surface area (Å²) in [5, 5.41) is 3.61. The molecule has 1 heterocycles. The van der Waals surface area contributed by atoms with E-state index in [-0.39, 0.29) is 30.5 Å². The van der Waals surface area contributed by atoms with E-state index in [1.165, 1.54) is 0 Å². The van der Waals surface area contributed by atoms with Gasteiger partial charge in [0.15, 0.2) is 0 Å². The van der Waals surface area contributed by atoms with Crippen molar-refractivity contribution in [2.45, 2.75) is 31.5 Å². The lowest BCUT2D eigenvalue weighted by molar-refractivity contribution is -0.123. The molecule has 1 aliphatic heterocycles. The summed E-state index contributed by atoms with van der Waals surface area (Å²) in [6.07, 6.45) is 0.677. The summed E-state index contributed by atoms with van der Waals surface area (Å²) < 4.78 is 5.67. The smallest absolute Gasteiger partial charge is 0.236 e. The Hall–Kier alpha value is -0.810. The number of carbonyl (C=O) groups excluding carboxylic acids is 1. The van der Waals surface area contributed by atoms with Crippen LogP contribution in [0.2, 0.25) is 5.02 Å². The predicted octanol–water partition coefficient (Wildman–Crippen LogP) is 2.06. The van der Waals surface area contributed by atoms with Gasteiger partial charge < -0.3 is 15.8 Å². The summed E-state index contributed by atoms with van der Waals surface area (Å²) in [6, 6.07) is 6.96. The van der Waals surface area contributed by atoms with Crippen LogP contribution in [0.1, 0.15) is 25.0 Å². The Morgan fingerprint density at radius 2 is 2.11 bits per heavy atom. The standard InChI is InChI=1S/C13H17ClN2O2.ClH/c1-8(15)13(17)16-11-6-7-18-12(11)9-2-4-10(14)5-3-9;/h2-5,8,11-12H,6-7,15H2,1H3,(H,16,17);1H/t8-,11?,12?;/m1./s1. The number of rotatable bonds is 3. The van der Waals surface area contributed by atoms with Gasteiger partial charge in [-0.05, 0) is 31.0 Å². The number of nitrogens with two attached hydrogens (primary N) is 1. The molecule has 1 aromatic carbocycles. The topological polar surface area (TPSA) is 64.4 Å². The quantitative estimate of drug-likeness (QED) is 0.898. The van der Waals surface area contributed by atoms with E-state index in [0.29, 0.717) is 11.6 Å². The Kier molecular flexibility index (Phi) is 6.07. The molecule has 1 aliphatic rings. The fourth-order valence-corrected chi connectivity index (χ4v) is 2.16. The molecule has 0 spiro atoms. The van der Waals surface area contributed by atoms with Crippen LogP contribution in [0.3, 0.4) is 0 Å². The fraction of sp³-hybridized carbons (Fsp3) is 0.462. The van der Waals surface area contributed by atoms with Crippen molar-refractivity contribution in [1.29, 1.82) is 0 Å². The van der Waals surface area contributed by atoms with Gasteiger partial charge in [-0.25, -0.2) is 0 Å². The van der Waals surface area contributed by atoms with Crippen LogP contribution in [0, 0.1) is 0 Å². The number of nitrogens with one attached hydrogen (secondary N) is 1. The molecule has 3 atom stereocenters. The maximum atomic E-state index is 11.6. The van der Waals surface area contributed by atoms with E-state index in [0.717, 1.165) is 12.0 Å². The third-order valence-corrected chi connectivity index (χ3v) is 3.28. The number of benzene rings is 1. The van der Waals surface area contributed by atoms with E-state index >= 15 is 0 Å². The molecule has 0 aromatic heterocycles. The van der Waals surface area contributed by atoms with Crippen LogP contribution in [-0.2, 0) is 9.53 Å². The summed E-state index contributed by atoms with van der Waals surface area (Å²) in [4.78, 5) is 11.6. The summed E-state index contributed by atoms with van der Waals surface area (Å²) >= 11 is 5.85. The van der Waals surface area contributed by atoms with Gasteiger partial charge in [-0.1, -0.05) is 23.7 Å². The molecule has 0 radical (unpaired) electrons. The molecule has 6 heteroatoms. The first-order valence-corrected chi connectivity index (χ1v) is 6.39. The third kappa shape index (κ3) is 4.08. The number of carbonyl (C=O) groups is 1. The summed E-state index contributed by atoms with van der Waals surface area (Å²) in [6.45, 7) is 2.31. The minimum absolute atomic E-state index is 0. The second-order valence-corrected chi connectivity index (χ2v) is 4.97. The molecule has 0 saturated carbocycles. The molecule has 2 rings (SSSR count). The van der Waals surface area contributed by atoms with Crippen molar-refractivity contribution in [3.63, 3.8) is 0 Å². The second-order valence-electron chi connectivity index (χ2n) is 4.54. The Balaban J connectivity index is 0.00000180. The Morgan fingerprint density at radius 3 is 2.68 bits per heavy atom. The highest BCUT2D eigenvalue weighted by Gasteiger charge is 2.31. The Labute approximate surface area is 124 Å². The van der Waals surface area contributed by atoms with Gasteiger partial charge >= 0.3 is 0 Å². The van der Waals surface area contributed by atoms with E-state index in [1.807, 2.05) is 24.3 Å². The van der Waals surface area contributed by atoms with Gasteiger partial charge in [-0.3, -0.25) is 4.79 Å². The van der Waals surface area contributed by atoms with Crippen molar-refractivity contribution in [2.75, 3.05) is 6.61 Å². The minimum atomic E-state index is -0.503. The van der Waals surface area contributed by atoms with Crippen molar-refractivity contribution in [3.8, 4) is 0 Å². The summed E-state index contributed by atoms with van der Waals surface area (Å²) in [5.74, 6) is -0.149. The van der Waals surface area contributed by atoms with E-state index in [9.17, 15) is 4.79 Å². The number of halogens is 2. The van der Waals surface area contributed by atoms with Crippen molar-refractivity contribution in [1.82, 2.24) is 5.32 Å². The van der Waals surface area contributed by atoms with Crippen LogP contribution in [0.5, 0.6) is 0 Å². The van der Waals surface area contributed by atoms with Crippen LogP contribution in [0.15, 0.2) is 24.3 Å². The van der Waals surface area contributed by atoms with Crippen molar-refractivity contribution in [2.24, 2.45) is 5.73 Å². The molecule has 0 aliphatic carbocycles. The Bertz CT molecular complexity index is 423. The number of amides is 1. The number of hydrogen-bond acceptors (Lipinski definition) is 3. The maximum Gasteiger partial charge on any atom is 0.236 e. The highest BCUT2D eigenvalue weighted by Crippen LogP contribution is 2.29. The zero-order valence-corrected chi connectivity index (χ0v) is 12.2. The van der Waals surface area contributed by atoms with E-state index in [1.54, 1.807) is 6.92 Å². The van der Waals surface area contributed by atoms with E-state index in [2.05, 4.69) is 5.32 Å². The lowest BCUT2D eigenvalue weighted by Gasteiger charge is -2.21. The SMILES string of the molecule is C[C@@H](N)C(=O)NC1CCOC1c1ccc(Cl)cc1.Cl. The van der Waals surface area contributed by atoms with Crippen molar-refractivity contribution >= 4 is 29.9 Å². The zero-order chi connectivity index (χ0) is 13.1. The molecule has 4 nitrogen and oxygen atoms in total. The van der Waals surface area contributed by atoms with Crippen LogP contribution in [-0.4, -0.2) is 24.6 Å². The first-order chi connectivity index (χ1) is 8.58. The second kappa shape index (κ2) is 7.10. The van der Waals surface area contributed by atoms with Crippen molar-refractivity contribution < 1.29 is 9.53 Å². The van der Waals surface area contributed by atoms with Gasteiger partial charge in [0.05, 0.1) is 12.1 Å². The van der Waals surface area contributed by atoms with Crippen molar-refractivity contribution in [3.05, 3.63) is 34.9 Å². The van der Waals surface area contributed by atoms with Gasteiger partial charge in [0.25, 0.3) is 0 Å². The first kappa shape index (κ1) is 16.2. The number of ether oxygens (including phenoxy) is 1. The molecule has 0 bridgehead atoms. The van der Waals surface area contributed by atoms with Crippen LogP contribution >= 0.6 is 24.0 Å². The van der Waals surface area contributed by atoms with Crippen LogP contribution in [0.25, 0.3) is 0 Å². The summed E-state index contributed by atoms with van der Waals surface area (Å²) in [5.41, 5.74) is 6.57. The summed E-state index contributed by atoms with van der Waals surface area (Å²) in [7, 11) is 0. The van der Waals surface area contributed by atoms with Crippen LogP contribution in [0.4, 0.5) is 0 Å². The molecule has 1 saturated heterocycles. The molecular weight excluding hydrogens is 287 g/mol. The molecule has 1 amide bonds. The predicted molar refractivity (Wildman–Crippen MR) is 77.6 cm³/mol. The van der Waals surface area contributed by atoms with E-state index in [4.69, 9.17) is 22.1 Å². The zero-order valence-electron chi connectivity index (χ0n) is 10.6. The lowest BCUT2D eigenvalue weighted by Crippen LogP contribution is -2.44. The Morgan fingerprint density at radius 1 is 1.47 bits per heavy atom.